The molecule has 1 aromatic carbocycles. The average molecular weight is 254 g/mol. The minimum atomic E-state index is -3.63. The van der Waals surface area contributed by atoms with Crippen molar-refractivity contribution >= 4 is 10.0 Å². The maximum Gasteiger partial charge on any atom is 0.275 e. The molecule has 90 valence electrons. The Bertz CT molecular complexity index is 577. The molecule has 8 heteroatoms. The number of sulfonamides is 1. The molecule has 2 rings (SSSR count). The zero-order valence-corrected chi connectivity index (χ0v) is 9.76. The zero-order chi connectivity index (χ0) is 12.3. The third-order valence-corrected chi connectivity index (χ3v) is 3.36. The second kappa shape index (κ2) is 4.42. The molecule has 0 aliphatic carbocycles. The van der Waals surface area contributed by atoms with Crippen molar-refractivity contribution in [2.75, 3.05) is 11.9 Å². The van der Waals surface area contributed by atoms with Crippen LogP contribution < -0.4 is 9.57 Å². The van der Waals surface area contributed by atoms with Crippen LogP contribution in [0.2, 0.25) is 0 Å². The summed E-state index contributed by atoms with van der Waals surface area (Å²) in [6.45, 7) is 0. The molecule has 0 saturated carbocycles. The second-order valence-corrected chi connectivity index (χ2v) is 4.80. The zero-order valence-electron chi connectivity index (χ0n) is 8.94. The molecule has 0 atom stereocenters. The van der Waals surface area contributed by atoms with Crippen LogP contribution in [0, 0.1) is 0 Å². The third-order valence-electron chi connectivity index (χ3n) is 2.01. The molecule has 0 saturated heterocycles. The molecule has 0 radical (unpaired) electrons. The molecule has 0 spiro atoms. The Morgan fingerprint density at radius 1 is 1.18 bits per heavy atom. The molecule has 0 unspecified atom stereocenters. The Labute approximate surface area is 98.1 Å². The second-order valence-electron chi connectivity index (χ2n) is 3.14. The predicted octanol–water partition coefficient (Wildman–Crippen LogP) is 0.219. The van der Waals surface area contributed by atoms with Gasteiger partial charge in [-0.25, -0.2) is 9.51 Å². The van der Waals surface area contributed by atoms with Crippen molar-refractivity contribution in [3.8, 4) is 5.75 Å². The summed E-state index contributed by atoms with van der Waals surface area (Å²) in [5, 5.41) is 6.99. The maximum atomic E-state index is 11.9. The van der Waals surface area contributed by atoms with Crippen molar-refractivity contribution < 1.29 is 13.2 Å². The van der Waals surface area contributed by atoms with Gasteiger partial charge >= 0.3 is 0 Å². The van der Waals surface area contributed by atoms with Gasteiger partial charge in [-0.2, -0.15) is 8.42 Å². The fraction of sp³-hybridized carbons (Fsp3) is 0.111. The van der Waals surface area contributed by atoms with E-state index in [2.05, 4.69) is 15.0 Å². The van der Waals surface area contributed by atoms with Crippen LogP contribution in [-0.4, -0.2) is 30.4 Å². The quantitative estimate of drug-likeness (QED) is 0.843. The van der Waals surface area contributed by atoms with Crippen LogP contribution >= 0.6 is 0 Å². The fourth-order valence-corrected chi connectivity index (χ4v) is 2.17. The summed E-state index contributed by atoms with van der Waals surface area (Å²) in [4.78, 5) is 2.41. The van der Waals surface area contributed by atoms with Crippen molar-refractivity contribution in [1.29, 1.82) is 0 Å². The summed E-state index contributed by atoms with van der Waals surface area (Å²) in [6, 6.07) is 6.04. The van der Waals surface area contributed by atoms with Crippen molar-refractivity contribution in [3.63, 3.8) is 0 Å². The molecular formula is C9H10N4O3S. The molecule has 7 nitrogen and oxygen atoms in total. The van der Waals surface area contributed by atoms with Gasteiger partial charge in [0.15, 0.2) is 0 Å². The first-order valence-corrected chi connectivity index (χ1v) is 6.11. The number of hydrogen-bond acceptors (Lipinski definition) is 5. The number of ether oxygens (including phenoxy) is 1. The number of nitrogens with zero attached hydrogens (tertiary/aromatic N) is 3. The minimum Gasteiger partial charge on any atom is -0.497 e. The predicted molar refractivity (Wildman–Crippen MR) is 59.6 cm³/mol. The summed E-state index contributed by atoms with van der Waals surface area (Å²) in [5.74, 6) is 0.591. The lowest BCUT2D eigenvalue weighted by Crippen LogP contribution is -2.21. The number of benzene rings is 1. The number of nitrogens with one attached hydrogen (secondary N) is 1. The Balaban J connectivity index is 2.25. The van der Waals surface area contributed by atoms with Gasteiger partial charge in [-0.3, -0.25) is 0 Å². The topological polar surface area (TPSA) is 86.1 Å². The van der Waals surface area contributed by atoms with Gasteiger partial charge in [0.1, 0.15) is 18.4 Å². The molecule has 1 aromatic heterocycles. The van der Waals surface area contributed by atoms with Crippen molar-refractivity contribution in [1.82, 2.24) is 14.9 Å². The van der Waals surface area contributed by atoms with Crippen LogP contribution in [0.5, 0.6) is 5.75 Å². The smallest absolute Gasteiger partial charge is 0.275 e. The molecule has 0 aliphatic heterocycles. The molecule has 2 aromatic rings. The van der Waals surface area contributed by atoms with E-state index in [0.717, 1.165) is 4.68 Å². The highest BCUT2D eigenvalue weighted by atomic mass is 32.2. The van der Waals surface area contributed by atoms with Crippen LogP contribution in [0.25, 0.3) is 0 Å². The van der Waals surface area contributed by atoms with E-state index in [1.165, 1.54) is 31.9 Å². The molecule has 0 fully saturated rings. The van der Waals surface area contributed by atoms with E-state index in [1.54, 1.807) is 12.1 Å². The molecular weight excluding hydrogens is 244 g/mol. The van der Waals surface area contributed by atoms with Crippen LogP contribution in [-0.2, 0) is 10.0 Å². The molecule has 17 heavy (non-hydrogen) atoms. The summed E-state index contributed by atoms with van der Waals surface area (Å²) in [7, 11) is -2.12. The highest BCUT2D eigenvalue weighted by molar-refractivity contribution is 7.92. The van der Waals surface area contributed by atoms with Crippen molar-refractivity contribution in [3.05, 3.63) is 36.9 Å². The first kappa shape index (κ1) is 11.4. The molecule has 0 aliphatic rings. The SMILES string of the molecule is COc1ccc(S(=O)(=O)Nn2cnnc2)cc1. The standard InChI is InChI=1S/C9H10N4O3S/c1-16-8-2-4-9(5-3-8)17(14,15)12-13-6-10-11-7-13/h2-7,12H,1H3. The fourth-order valence-electron chi connectivity index (χ4n) is 1.19. The highest BCUT2D eigenvalue weighted by Gasteiger charge is 2.13. The Morgan fingerprint density at radius 3 is 2.29 bits per heavy atom. The Morgan fingerprint density at radius 2 is 1.76 bits per heavy atom. The van der Waals surface area contributed by atoms with Crippen LogP contribution in [0.3, 0.4) is 0 Å². The van der Waals surface area contributed by atoms with Crippen molar-refractivity contribution in [2.24, 2.45) is 0 Å². The van der Waals surface area contributed by atoms with Gasteiger partial charge in [0.05, 0.1) is 12.0 Å². The Kier molecular flexibility index (Phi) is 2.96. The summed E-state index contributed by atoms with van der Waals surface area (Å²) >= 11 is 0. The van der Waals surface area contributed by atoms with Crippen LogP contribution in [0.15, 0.2) is 41.8 Å². The lowest BCUT2D eigenvalue weighted by atomic mass is 10.3. The lowest BCUT2D eigenvalue weighted by Gasteiger charge is -2.07. The maximum absolute atomic E-state index is 11.9. The third kappa shape index (κ3) is 2.53. The summed E-state index contributed by atoms with van der Waals surface area (Å²) < 4.78 is 29.8. The van der Waals surface area contributed by atoms with Gasteiger partial charge in [-0.1, -0.05) is 0 Å². The van der Waals surface area contributed by atoms with Gasteiger partial charge in [0.25, 0.3) is 10.0 Å². The van der Waals surface area contributed by atoms with E-state index < -0.39 is 10.0 Å². The van der Waals surface area contributed by atoms with Gasteiger partial charge in [0.2, 0.25) is 0 Å². The van der Waals surface area contributed by atoms with Crippen LogP contribution in [0.4, 0.5) is 0 Å². The molecule has 0 bridgehead atoms. The van der Waals surface area contributed by atoms with Crippen LogP contribution in [0.1, 0.15) is 0 Å². The molecule has 1 N–H and O–H groups in total. The number of methoxy groups -OCH3 is 1. The first-order valence-electron chi connectivity index (χ1n) is 4.63. The van der Waals surface area contributed by atoms with Gasteiger partial charge in [-0.05, 0) is 24.3 Å². The highest BCUT2D eigenvalue weighted by Crippen LogP contribution is 2.15. The van der Waals surface area contributed by atoms with Gasteiger partial charge in [-0.15, -0.1) is 10.2 Å². The molecule has 0 amide bonds. The largest absolute Gasteiger partial charge is 0.497 e. The number of rotatable bonds is 4. The normalized spacial score (nSPS) is 11.1. The van der Waals surface area contributed by atoms with E-state index in [1.807, 2.05) is 0 Å². The minimum absolute atomic E-state index is 0.131. The average Bonchev–Trinajstić information content (AvgIpc) is 2.81. The number of hydrogen-bond donors (Lipinski definition) is 1. The van der Waals surface area contributed by atoms with Gasteiger partial charge in [0, 0.05) is 0 Å². The van der Waals surface area contributed by atoms with E-state index >= 15 is 0 Å². The van der Waals surface area contributed by atoms with E-state index in [4.69, 9.17) is 4.74 Å². The summed E-state index contributed by atoms with van der Waals surface area (Å²) in [5.41, 5.74) is 0. The first-order chi connectivity index (χ1) is 8.12. The van der Waals surface area contributed by atoms with Gasteiger partial charge < -0.3 is 4.74 Å². The molecule has 1 heterocycles. The summed E-state index contributed by atoms with van der Waals surface area (Å²) in [6.07, 6.45) is 2.50. The lowest BCUT2D eigenvalue weighted by molar-refractivity contribution is 0.414. The number of aromatic nitrogens is 3. The monoisotopic (exact) mass is 254 g/mol. The van der Waals surface area contributed by atoms with E-state index in [0.29, 0.717) is 5.75 Å². The van der Waals surface area contributed by atoms with E-state index in [-0.39, 0.29) is 4.90 Å². The van der Waals surface area contributed by atoms with E-state index in [9.17, 15) is 8.42 Å². The van der Waals surface area contributed by atoms with Crippen molar-refractivity contribution in [2.45, 2.75) is 4.90 Å². The Hall–Kier alpha value is -2.09.